The fourth-order valence-corrected chi connectivity index (χ4v) is 1.54. The van der Waals surface area contributed by atoms with Gasteiger partial charge in [-0.1, -0.05) is 30.3 Å². The molecule has 1 rings (SSSR count). The molecule has 4 heteroatoms. The topological polar surface area (TPSA) is 50.4 Å². The summed E-state index contributed by atoms with van der Waals surface area (Å²) in [5.41, 5.74) is 1.19. The highest BCUT2D eigenvalue weighted by molar-refractivity contribution is 5.77. The number of unbranched alkanes of at least 4 members (excludes halogenated alkanes) is 1. The third kappa shape index (κ3) is 7.04. The molecule has 0 saturated carbocycles. The van der Waals surface area contributed by atoms with Crippen LogP contribution >= 0.6 is 0 Å². The number of carbonyl (C=O) groups is 1. The molecule has 0 bridgehead atoms. The van der Waals surface area contributed by atoms with Gasteiger partial charge in [0, 0.05) is 13.2 Å². The monoisotopic (exact) mass is 250 g/mol. The molecule has 0 fully saturated rings. The number of benzene rings is 1. The maximum atomic E-state index is 11.1. The molecule has 1 aromatic rings. The van der Waals surface area contributed by atoms with Crippen LogP contribution in [0.4, 0.5) is 0 Å². The van der Waals surface area contributed by atoms with E-state index in [2.05, 4.69) is 22.8 Å². The molecule has 0 aromatic heterocycles. The van der Waals surface area contributed by atoms with Crippen LogP contribution < -0.4 is 10.6 Å². The molecule has 0 radical (unpaired) electrons. The van der Waals surface area contributed by atoms with E-state index in [1.165, 1.54) is 5.56 Å². The van der Waals surface area contributed by atoms with E-state index in [0.717, 1.165) is 26.0 Å². The Labute approximate surface area is 109 Å². The lowest BCUT2D eigenvalue weighted by molar-refractivity contribution is -0.120. The van der Waals surface area contributed by atoms with Crippen molar-refractivity contribution in [3.63, 3.8) is 0 Å². The molecule has 0 aliphatic heterocycles. The number of hydrogen-bond acceptors (Lipinski definition) is 3. The van der Waals surface area contributed by atoms with Crippen molar-refractivity contribution in [2.45, 2.75) is 19.4 Å². The molecule has 2 N–H and O–H groups in total. The first-order chi connectivity index (χ1) is 8.83. The first kappa shape index (κ1) is 14.7. The second kappa shape index (κ2) is 9.62. The predicted octanol–water partition coefficient (Wildman–Crippen LogP) is 1.32. The highest BCUT2D eigenvalue weighted by Crippen LogP contribution is 2.01. The molecule has 18 heavy (non-hydrogen) atoms. The Morgan fingerprint density at radius 1 is 1.22 bits per heavy atom. The molecule has 100 valence electrons. The van der Waals surface area contributed by atoms with Gasteiger partial charge in [-0.15, -0.1) is 0 Å². The van der Waals surface area contributed by atoms with Crippen LogP contribution in [0.1, 0.15) is 18.4 Å². The number of carbonyl (C=O) groups excluding carboxylic acids is 1. The van der Waals surface area contributed by atoms with Crippen LogP contribution in [0.3, 0.4) is 0 Å². The summed E-state index contributed by atoms with van der Waals surface area (Å²) in [5, 5.41) is 5.65. The zero-order chi connectivity index (χ0) is 13.1. The number of rotatable bonds is 9. The smallest absolute Gasteiger partial charge is 0.233 e. The van der Waals surface area contributed by atoms with Gasteiger partial charge in [0.25, 0.3) is 0 Å². The van der Waals surface area contributed by atoms with Crippen LogP contribution in [-0.2, 0) is 16.1 Å². The summed E-state index contributed by atoms with van der Waals surface area (Å²) in [6, 6.07) is 10.1. The fraction of sp³-hybridized carbons (Fsp3) is 0.500. The predicted molar refractivity (Wildman–Crippen MR) is 72.3 cm³/mol. The minimum atomic E-state index is 0.0442. The molecule has 0 aliphatic carbocycles. The molecule has 1 aromatic carbocycles. The van der Waals surface area contributed by atoms with E-state index in [-0.39, 0.29) is 5.91 Å². The Balaban J connectivity index is 1.92. The largest absolute Gasteiger partial charge is 0.377 e. The lowest BCUT2D eigenvalue weighted by atomic mass is 10.2. The minimum Gasteiger partial charge on any atom is -0.377 e. The van der Waals surface area contributed by atoms with Crippen molar-refractivity contribution >= 4 is 5.91 Å². The van der Waals surface area contributed by atoms with Crippen molar-refractivity contribution in [2.24, 2.45) is 0 Å². The highest BCUT2D eigenvalue weighted by atomic mass is 16.5. The van der Waals surface area contributed by atoms with Gasteiger partial charge in [-0.2, -0.15) is 0 Å². The van der Waals surface area contributed by atoms with Crippen molar-refractivity contribution in [2.75, 3.05) is 26.7 Å². The van der Waals surface area contributed by atoms with Gasteiger partial charge in [-0.25, -0.2) is 0 Å². The maximum Gasteiger partial charge on any atom is 0.233 e. The van der Waals surface area contributed by atoms with Crippen molar-refractivity contribution in [3.05, 3.63) is 35.9 Å². The van der Waals surface area contributed by atoms with E-state index in [1.54, 1.807) is 7.05 Å². The lowest BCUT2D eigenvalue weighted by Crippen LogP contribution is -2.32. The Morgan fingerprint density at radius 3 is 2.72 bits per heavy atom. The summed E-state index contributed by atoms with van der Waals surface area (Å²) < 4.78 is 5.55. The summed E-state index contributed by atoms with van der Waals surface area (Å²) in [6.45, 7) is 2.49. The van der Waals surface area contributed by atoms with Gasteiger partial charge in [0.2, 0.25) is 5.91 Å². The second-order valence-corrected chi connectivity index (χ2v) is 4.13. The van der Waals surface area contributed by atoms with Crippen molar-refractivity contribution in [1.82, 2.24) is 10.6 Å². The van der Waals surface area contributed by atoms with Gasteiger partial charge in [0.15, 0.2) is 0 Å². The summed E-state index contributed by atoms with van der Waals surface area (Å²) in [5.74, 6) is 0.0442. The Morgan fingerprint density at radius 2 is 2.00 bits per heavy atom. The molecule has 0 spiro atoms. The summed E-state index contributed by atoms with van der Waals surface area (Å²) >= 11 is 0. The first-order valence-corrected chi connectivity index (χ1v) is 6.36. The van der Waals surface area contributed by atoms with Gasteiger partial charge in [0.1, 0.15) is 0 Å². The zero-order valence-electron chi connectivity index (χ0n) is 10.9. The van der Waals surface area contributed by atoms with Gasteiger partial charge in [-0.3, -0.25) is 4.79 Å². The zero-order valence-corrected chi connectivity index (χ0v) is 10.9. The van der Waals surface area contributed by atoms with E-state index < -0.39 is 0 Å². The van der Waals surface area contributed by atoms with Gasteiger partial charge in [0.05, 0.1) is 13.2 Å². The van der Waals surface area contributed by atoms with Crippen LogP contribution in [0.15, 0.2) is 30.3 Å². The quantitative estimate of drug-likeness (QED) is 0.650. The second-order valence-electron chi connectivity index (χ2n) is 4.13. The normalized spacial score (nSPS) is 10.3. The molecular weight excluding hydrogens is 228 g/mol. The van der Waals surface area contributed by atoms with E-state index in [1.807, 2.05) is 18.2 Å². The minimum absolute atomic E-state index is 0.0442. The molecule has 0 heterocycles. The van der Waals surface area contributed by atoms with Crippen LogP contribution in [-0.4, -0.2) is 32.7 Å². The average Bonchev–Trinajstić information content (AvgIpc) is 2.39. The van der Waals surface area contributed by atoms with Crippen LogP contribution in [0.2, 0.25) is 0 Å². The van der Waals surface area contributed by atoms with E-state index >= 15 is 0 Å². The van der Waals surface area contributed by atoms with Gasteiger partial charge < -0.3 is 15.4 Å². The maximum absolute atomic E-state index is 11.1. The fourth-order valence-electron chi connectivity index (χ4n) is 1.54. The Kier molecular flexibility index (Phi) is 7.84. The van der Waals surface area contributed by atoms with E-state index in [0.29, 0.717) is 13.2 Å². The standard InChI is InChI=1S/C14H22N2O2/c1-15-11-14(17)16-9-5-6-10-18-12-13-7-3-2-4-8-13/h2-4,7-8,15H,5-6,9-12H2,1H3,(H,16,17). The first-order valence-electron chi connectivity index (χ1n) is 6.36. The average molecular weight is 250 g/mol. The Bertz CT molecular complexity index is 328. The number of amides is 1. The number of ether oxygens (including phenoxy) is 1. The summed E-state index contributed by atoms with van der Waals surface area (Å²) in [7, 11) is 1.76. The van der Waals surface area contributed by atoms with E-state index in [4.69, 9.17) is 4.74 Å². The van der Waals surface area contributed by atoms with Gasteiger partial charge >= 0.3 is 0 Å². The number of likely N-dealkylation sites (N-methyl/N-ethyl adjacent to an activating group) is 1. The summed E-state index contributed by atoms with van der Waals surface area (Å²) in [6.07, 6.45) is 1.91. The molecule has 0 atom stereocenters. The molecule has 0 saturated heterocycles. The lowest BCUT2D eigenvalue weighted by Gasteiger charge is -2.06. The molecule has 0 unspecified atom stereocenters. The highest BCUT2D eigenvalue weighted by Gasteiger charge is 1.97. The third-order valence-electron chi connectivity index (χ3n) is 2.49. The summed E-state index contributed by atoms with van der Waals surface area (Å²) in [4.78, 5) is 11.1. The van der Waals surface area contributed by atoms with Gasteiger partial charge in [-0.05, 0) is 25.5 Å². The number of nitrogens with one attached hydrogen (secondary N) is 2. The van der Waals surface area contributed by atoms with Crippen LogP contribution in [0, 0.1) is 0 Å². The number of hydrogen-bond donors (Lipinski definition) is 2. The van der Waals surface area contributed by atoms with Crippen LogP contribution in [0.25, 0.3) is 0 Å². The SMILES string of the molecule is CNCC(=O)NCCCCOCc1ccccc1. The Hall–Kier alpha value is -1.39. The molecule has 0 aliphatic rings. The third-order valence-corrected chi connectivity index (χ3v) is 2.49. The molecule has 1 amide bonds. The molecule has 4 nitrogen and oxygen atoms in total. The molecular formula is C14H22N2O2. The van der Waals surface area contributed by atoms with Crippen molar-refractivity contribution < 1.29 is 9.53 Å². The van der Waals surface area contributed by atoms with Crippen LogP contribution in [0.5, 0.6) is 0 Å². The van der Waals surface area contributed by atoms with E-state index in [9.17, 15) is 4.79 Å². The van der Waals surface area contributed by atoms with Crippen molar-refractivity contribution in [1.29, 1.82) is 0 Å². The van der Waals surface area contributed by atoms with Crippen molar-refractivity contribution in [3.8, 4) is 0 Å².